The number of benzene rings is 2. The highest BCUT2D eigenvalue weighted by Gasteiger charge is 2.30. The van der Waals surface area contributed by atoms with E-state index in [0.717, 1.165) is 12.1 Å². The Labute approximate surface area is 161 Å². The molecule has 3 rings (SSSR count). The van der Waals surface area contributed by atoms with E-state index in [0.29, 0.717) is 5.56 Å². The average Bonchev–Trinajstić information content (AvgIpc) is 2.92. The molecule has 7 nitrogen and oxygen atoms in total. The van der Waals surface area contributed by atoms with Crippen LogP contribution in [-0.4, -0.2) is 38.7 Å². The lowest BCUT2D eigenvalue weighted by molar-refractivity contribution is -0.146. The van der Waals surface area contributed by atoms with Gasteiger partial charge < -0.3 is 4.74 Å². The zero-order valence-corrected chi connectivity index (χ0v) is 15.7. The maximum absolute atomic E-state index is 12.9. The molecule has 1 aliphatic rings. The Morgan fingerprint density at radius 2 is 1.82 bits per heavy atom. The number of halogens is 1. The van der Waals surface area contributed by atoms with Crippen LogP contribution in [0.5, 0.6) is 0 Å². The van der Waals surface area contributed by atoms with Gasteiger partial charge in [0, 0.05) is 11.1 Å². The van der Waals surface area contributed by atoms with Crippen molar-refractivity contribution in [2.24, 2.45) is 4.99 Å². The van der Waals surface area contributed by atoms with Gasteiger partial charge in [-0.25, -0.2) is 12.8 Å². The first-order valence-electron chi connectivity index (χ1n) is 8.44. The summed E-state index contributed by atoms with van der Waals surface area (Å²) in [5.41, 5.74) is 0.676. The predicted molar refractivity (Wildman–Crippen MR) is 99.1 cm³/mol. The topological polar surface area (TPSA) is 102 Å². The van der Waals surface area contributed by atoms with Crippen LogP contribution in [0.4, 0.5) is 4.39 Å². The first kappa shape index (κ1) is 19.7. The van der Waals surface area contributed by atoms with E-state index in [4.69, 9.17) is 4.74 Å². The Balaban J connectivity index is 1.57. The van der Waals surface area contributed by atoms with Gasteiger partial charge in [0.15, 0.2) is 6.10 Å². The third-order valence-electron chi connectivity index (χ3n) is 4.05. The number of amidine groups is 1. The molecule has 0 aromatic heterocycles. The molecular weight excluding hydrogens is 387 g/mol. The van der Waals surface area contributed by atoms with Gasteiger partial charge in [0.05, 0.1) is 17.9 Å². The Morgan fingerprint density at radius 1 is 1.14 bits per heavy atom. The summed E-state index contributed by atoms with van der Waals surface area (Å²) in [6, 6.07) is 11.3. The van der Waals surface area contributed by atoms with E-state index in [1.54, 1.807) is 18.2 Å². The van der Waals surface area contributed by atoms with Gasteiger partial charge in [-0.15, -0.1) is 0 Å². The van der Waals surface area contributed by atoms with E-state index in [2.05, 4.69) is 9.71 Å². The normalized spacial score (nSPS) is 16.9. The number of fused-ring (bicyclic) bond motifs is 1. The van der Waals surface area contributed by atoms with Crippen molar-refractivity contribution in [2.75, 3.05) is 6.54 Å². The molecule has 0 radical (unpaired) electrons. The highest BCUT2D eigenvalue weighted by Crippen LogP contribution is 2.22. The fourth-order valence-corrected chi connectivity index (χ4v) is 3.92. The minimum Gasteiger partial charge on any atom is -0.454 e. The molecule has 0 fully saturated rings. The second kappa shape index (κ2) is 7.89. The fraction of sp³-hybridized carbons (Fsp3) is 0.211. The summed E-state index contributed by atoms with van der Waals surface area (Å²) < 4.78 is 44.3. The van der Waals surface area contributed by atoms with Crippen molar-refractivity contribution >= 4 is 27.6 Å². The summed E-state index contributed by atoms with van der Waals surface area (Å²) in [6.07, 6.45) is -1.16. The highest BCUT2D eigenvalue weighted by molar-refractivity contribution is 7.90. The number of carbonyl (C=O) groups is 2. The summed E-state index contributed by atoms with van der Waals surface area (Å²) in [7, 11) is -3.64. The molecule has 0 saturated carbocycles. The maximum atomic E-state index is 12.9. The van der Waals surface area contributed by atoms with Crippen LogP contribution in [-0.2, 0) is 19.6 Å². The molecule has 0 spiro atoms. The zero-order chi connectivity index (χ0) is 20.3. The number of aliphatic imine (C=N–C) groups is 1. The van der Waals surface area contributed by atoms with Gasteiger partial charge in [0.25, 0.3) is 10.0 Å². The Bertz CT molecular complexity index is 1050. The SMILES string of the molecule is C[C@H](OC(=O)CCN=C1NS(=O)(=O)c2ccccc21)C(=O)c1ccc(F)cc1. The molecule has 0 unspecified atom stereocenters. The molecule has 1 atom stereocenters. The van der Waals surface area contributed by atoms with E-state index >= 15 is 0 Å². The molecule has 2 aromatic rings. The molecule has 1 heterocycles. The van der Waals surface area contributed by atoms with Crippen molar-refractivity contribution in [3.63, 3.8) is 0 Å². The number of esters is 1. The number of ketones is 1. The van der Waals surface area contributed by atoms with Crippen molar-refractivity contribution in [3.8, 4) is 0 Å². The first-order valence-corrected chi connectivity index (χ1v) is 9.92. The number of carbonyl (C=O) groups excluding carboxylic acids is 2. The van der Waals surface area contributed by atoms with Gasteiger partial charge in [-0.3, -0.25) is 19.3 Å². The third-order valence-corrected chi connectivity index (χ3v) is 5.45. The lowest BCUT2D eigenvalue weighted by atomic mass is 10.1. The summed E-state index contributed by atoms with van der Waals surface area (Å²) in [4.78, 5) is 28.4. The Hall–Kier alpha value is -3.07. The monoisotopic (exact) mass is 404 g/mol. The van der Waals surface area contributed by atoms with Crippen molar-refractivity contribution in [3.05, 3.63) is 65.5 Å². The second-order valence-corrected chi connectivity index (χ2v) is 7.74. The zero-order valence-electron chi connectivity index (χ0n) is 14.9. The van der Waals surface area contributed by atoms with E-state index in [1.807, 2.05) is 0 Å². The molecule has 0 amide bonds. The summed E-state index contributed by atoms with van der Waals surface area (Å²) in [5.74, 6) is -1.40. The number of nitrogens with zero attached hydrogens (tertiary/aromatic N) is 1. The number of ether oxygens (including phenoxy) is 1. The molecule has 1 aliphatic heterocycles. The van der Waals surface area contributed by atoms with Crippen molar-refractivity contribution in [1.82, 2.24) is 4.72 Å². The third kappa shape index (κ3) is 4.25. The van der Waals surface area contributed by atoms with E-state index in [-0.39, 0.29) is 29.3 Å². The van der Waals surface area contributed by atoms with Crippen molar-refractivity contribution in [1.29, 1.82) is 0 Å². The number of hydrogen-bond acceptors (Lipinski definition) is 6. The van der Waals surface area contributed by atoms with E-state index < -0.39 is 33.7 Å². The van der Waals surface area contributed by atoms with Gasteiger partial charge >= 0.3 is 5.97 Å². The van der Waals surface area contributed by atoms with Crippen LogP contribution in [0.15, 0.2) is 58.4 Å². The first-order chi connectivity index (χ1) is 13.3. The number of rotatable bonds is 6. The Morgan fingerprint density at radius 3 is 2.54 bits per heavy atom. The highest BCUT2D eigenvalue weighted by atomic mass is 32.2. The Kier molecular flexibility index (Phi) is 5.55. The van der Waals surface area contributed by atoms with Gasteiger partial charge in [-0.1, -0.05) is 12.1 Å². The molecular formula is C19H17FN2O5S. The largest absolute Gasteiger partial charge is 0.454 e. The molecule has 0 bridgehead atoms. The van der Waals surface area contributed by atoms with Crippen molar-refractivity contribution in [2.45, 2.75) is 24.3 Å². The molecule has 146 valence electrons. The molecule has 0 saturated heterocycles. The fourth-order valence-electron chi connectivity index (χ4n) is 2.67. The minimum atomic E-state index is -3.64. The summed E-state index contributed by atoms with van der Waals surface area (Å²) >= 11 is 0. The van der Waals surface area contributed by atoms with Crippen LogP contribution in [0, 0.1) is 5.82 Å². The number of hydrogen-bond donors (Lipinski definition) is 1. The number of nitrogens with one attached hydrogen (secondary N) is 1. The van der Waals surface area contributed by atoms with Crippen LogP contribution in [0.2, 0.25) is 0 Å². The molecule has 2 aromatic carbocycles. The van der Waals surface area contributed by atoms with E-state index in [9.17, 15) is 22.4 Å². The number of sulfonamides is 1. The van der Waals surface area contributed by atoms with Gasteiger partial charge in [-0.05, 0) is 43.3 Å². The lowest BCUT2D eigenvalue weighted by Gasteiger charge is -2.12. The van der Waals surface area contributed by atoms with Crippen LogP contribution >= 0.6 is 0 Å². The lowest BCUT2D eigenvalue weighted by Crippen LogP contribution is -2.25. The van der Waals surface area contributed by atoms with Crippen molar-refractivity contribution < 1.29 is 27.1 Å². The molecule has 1 N–H and O–H groups in total. The van der Waals surface area contributed by atoms with Crippen LogP contribution in [0.1, 0.15) is 29.3 Å². The van der Waals surface area contributed by atoms with Crippen LogP contribution in [0.3, 0.4) is 0 Å². The maximum Gasteiger partial charge on any atom is 0.308 e. The van der Waals surface area contributed by atoms with Crippen LogP contribution in [0.25, 0.3) is 0 Å². The standard InChI is InChI=1S/C19H17FN2O5S/c1-12(18(24)13-6-8-14(20)9-7-13)27-17(23)10-11-21-19-15-4-2-3-5-16(15)28(25,26)22-19/h2-9,12H,10-11H2,1H3,(H,21,22)/t12-/m0/s1. The van der Waals surface area contributed by atoms with Gasteiger partial charge in [-0.2, -0.15) is 0 Å². The molecule has 9 heteroatoms. The minimum absolute atomic E-state index is 0.0114. The van der Waals surface area contributed by atoms with Crippen LogP contribution < -0.4 is 4.72 Å². The van der Waals surface area contributed by atoms with Gasteiger partial charge in [0.1, 0.15) is 11.7 Å². The van der Waals surface area contributed by atoms with Gasteiger partial charge in [0.2, 0.25) is 5.78 Å². The quantitative estimate of drug-likeness (QED) is 0.587. The average molecular weight is 404 g/mol. The van der Waals surface area contributed by atoms with E-state index in [1.165, 1.54) is 25.1 Å². The summed E-state index contributed by atoms with van der Waals surface area (Å²) in [6.45, 7) is 1.42. The molecule has 28 heavy (non-hydrogen) atoms. The predicted octanol–water partition coefficient (Wildman–Crippen LogP) is 2.07. The molecule has 0 aliphatic carbocycles. The number of Topliss-reactive ketones (excluding diaryl/α,β-unsaturated/α-hetero) is 1. The second-order valence-electron chi connectivity index (χ2n) is 6.09. The summed E-state index contributed by atoms with van der Waals surface area (Å²) in [5, 5.41) is 0. The smallest absolute Gasteiger partial charge is 0.308 e.